The largest absolute Gasteiger partial charge is 0.378 e. The number of nitrogens with one attached hydrogen (secondary N) is 1. The molecule has 2 rings (SSSR count). The Morgan fingerprint density at radius 2 is 2.21 bits per heavy atom. The number of carbonyl (C=O) groups excluding carboxylic acids is 1. The van der Waals surface area contributed by atoms with E-state index >= 15 is 0 Å². The molecule has 2 aliphatic rings. The van der Waals surface area contributed by atoms with Crippen LogP contribution in [0.4, 0.5) is 0 Å². The van der Waals surface area contributed by atoms with Crippen LogP contribution in [-0.4, -0.2) is 49.7 Å². The van der Waals surface area contributed by atoms with E-state index in [1.807, 2.05) is 18.9 Å². The first-order valence-corrected chi connectivity index (χ1v) is 7.57. The predicted molar refractivity (Wildman–Crippen MR) is 76.0 cm³/mol. The summed E-state index contributed by atoms with van der Waals surface area (Å²) in [7, 11) is 1.96. The SMILES string of the molecule is CCO[C@@H]1C[C@H](N(C)C(=O)[C@H]2CCCNC2)C1(C)C. The van der Waals surface area contributed by atoms with Gasteiger partial charge in [0.05, 0.1) is 12.0 Å². The fourth-order valence-corrected chi connectivity index (χ4v) is 3.51. The predicted octanol–water partition coefficient (Wildman–Crippen LogP) is 1.65. The number of rotatable bonds is 4. The molecule has 0 unspecified atom stereocenters. The average Bonchev–Trinajstić information content (AvgIpc) is 2.42. The number of nitrogens with zero attached hydrogens (tertiary/aromatic N) is 1. The summed E-state index contributed by atoms with van der Waals surface area (Å²) in [5, 5.41) is 3.32. The van der Waals surface area contributed by atoms with Gasteiger partial charge in [0, 0.05) is 31.7 Å². The molecule has 1 heterocycles. The minimum Gasteiger partial charge on any atom is -0.378 e. The summed E-state index contributed by atoms with van der Waals surface area (Å²) in [5.41, 5.74) is 0.0719. The molecule has 0 radical (unpaired) electrons. The van der Waals surface area contributed by atoms with Crippen LogP contribution in [-0.2, 0) is 9.53 Å². The molecular weight excluding hydrogens is 240 g/mol. The van der Waals surface area contributed by atoms with Gasteiger partial charge in [-0.2, -0.15) is 0 Å². The van der Waals surface area contributed by atoms with Crippen LogP contribution in [0.2, 0.25) is 0 Å². The van der Waals surface area contributed by atoms with Crippen molar-refractivity contribution in [2.24, 2.45) is 11.3 Å². The lowest BCUT2D eigenvalue weighted by atomic mass is 9.63. The van der Waals surface area contributed by atoms with Gasteiger partial charge in [0.25, 0.3) is 0 Å². The van der Waals surface area contributed by atoms with Crippen LogP contribution < -0.4 is 5.32 Å². The van der Waals surface area contributed by atoms with Crippen molar-refractivity contribution in [2.45, 2.75) is 52.2 Å². The zero-order valence-electron chi connectivity index (χ0n) is 12.7. The molecule has 0 aromatic carbocycles. The van der Waals surface area contributed by atoms with Gasteiger partial charge < -0.3 is 15.0 Å². The van der Waals surface area contributed by atoms with Crippen molar-refractivity contribution >= 4 is 5.91 Å². The standard InChI is InChI=1S/C15H28N2O2/c1-5-19-13-9-12(15(13,2)3)17(4)14(18)11-7-6-8-16-10-11/h11-13,16H,5-10H2,1-4H3/t11-,12-,13+/m0/s1. The maximum atomic E-state index is 12.5. The minimum absolute atomic E-state index is 0.0719. The van der Waals surface area contributed by atoms with E-state index in [2.05, 4.69) is 19.2 Å². The Labute approximate surface area is 116 Å². The number of hydrogen-bond donors (Lipinski definition) is 1. The number of ether oxygens (including phenoxy) is 1. The van der Waals surface area contributed by atoms with E-state index in [0.717, 1.165) is 39.0 Å². The minimum atomic E-state index is 0.0719. The molecule has 3 atom stereocenters. The molecule has 2 fully saturated rings. The second-order valence-corrected chi connectivity index (χ2v) is 6.51. The summed E-state index contributed by atoms with van der Waals surface area (Å²) in [6.45, 7) is 9.10. The molecular formula is C15H28N2O2. The lowest BCUT2D eigenvalue weighted by molar-refractivity contribution is -0.166. The van der Waals surface area contributed by atoms with Crippen LogP contribution in [0.3, 0.4) is 0 Å². The highest BCUT2D eigenvalue weighted by atomic mass is 16.5. The van der Waals surface area contributed by atoms with E-state index in [0.29, 0.717) is 18.1 Å². The highest BCUT2D eigenvalue weighted by molar-refractivity contribution is 5.79. The van der Waals surface area contributed by atoms with Gasteiger partial charge in [0.2, 0.25) is 5.91 Å². The molecule has 0 spiro atoms. The fraction of sp³-hybridized carbons (Fsp3) is 0.933. The molecule has 0 aromatic rings. The van der Waals surface area contributed by atoms with Gasteiger partial charge in [-0.15, -0.1) is 0 Å². The maximum absolute atomic E-state index is 12.5. The number of piperidine rings is 1. The summed E-state index contributed by atoms with van der Waals surface area (Å²) in [5.74, 6) is 0.473. The third-order valence-electron chi connectivity index (χ3n) is 4.96. The maximum Gasteiger partial charge on any atom is 0.226 e. The second-order valence-electron chi connectivity index (χ2n) is 6.51. The third kappa shape index (κ3) is 2.79. The molecule has 1 aliphatic heterocycles. The zero-order chi connectivity index (χ0) is 14.0. The van der Waals surface area contributed by atoms with Gasteiger partial charge in [-0.05, 0) is 32.7 Å². The van der Waals surface area contributed by atoms with Crippen molar-refractivity contribution in [2.75, 3.05) is 26.7 Å². The molecule has 4 heteroatoms. The lowest BCUT2D eigenvalue weighted by Gasteiger charge is -2.55. The highest BCUT2D eigenvalue weighted by Crippen LogP contribution is 2.45. The van der Waals surface area contributed by atoms with E-state index in [9.17, 15) is 4.79 Å². The lowest BCUT2D eigenvalue weighted by Crippen LogP contribution is -2.63. The zero-order valence-corrected chi connectivity index (χ0v) is 12.7. The number of carbonyl (C=O) groups is 1. The van der Waals surface area contributed by atoms with Crippen LogP contribution in [0.25, 0.3) is 0 Å². The second kappa shape index (κ2) is 5.80. The van der Waals surface area contributed by atoms with E-state index in [4.69, 9.17) is 4.74 Å². The Bertz CT molecular complexity index is 324. The van der Waals surface area contributed by atoms with Gasteiger partial charge in [-0.1, -0.05) is 13.8 Å². The van der Waals surface area contributed by atoms with Gasteiger partial charge in [-0.3, -0.25) is 4.79 Å². The number of amides is 1. The molecule has 1 saturated carbocycles. The van der Waals surface area contributed by atoms with Crippen LogP contribution >= 0.6 is 0 Å². The quantitative estimate of drug-likeness (QED) is 0.843. The Balaban J connectivity index is 1.93. The molecule has 0 bridgehead atoms. The van der Waals surface area contributed by atoms with E-state index in [1.54, 1.807) is 0 Å². The van der Waals surface area contributed by atoms with Gasteiger partial charge >= 0.3 is 0 Å². The first-order chi connectivity index (χ1) is 8.98. The normalized spacial score (nSPS) is 33.6. The smallest absolute Gasteiger partial charge is 0.226 e. The van der Waals surface area contributed by atoms with Crippen LogP contribution in [0, 0.1) is 11.3 Å². The fourth-order valence-electron chi connectivity index (χ4n) is 3.51. The summed E-state index contributed by atoms with van der Waals surface area (Å²) in [6.07, 6.45) is 3.41. The van der Waals surface area contributed by atoms with Crippen LogP contribution in [0.5, 0.6) is 0 Å². The van der Waals surface area contributed by atoms with E-state index in [1.165, 1.54) is 0 Å². The third-order valence-corrected chi connectivity index (χ3v) is 4.96. The van der Waals surface area contributed by atoms with Gasteiger partial charge in [0.15, 0.2) is 0 Å². The van der Waals surface area contributed by atoms with E-state index in [-0.39, 0.29) is 11.3 Å². The van der Waals surface area contributed by atoms with Crippen molar-refractivity contribution in [1.29, 1.82) is 0 Å². The summed E-state index contributed by atoms with van der Waals surface area (Å²) in [6, 6.07) is 0.318. The summed E-state index contributed by atoms with van der Waals surface area (Å²) < 4.78 is 5.75. The van der Waals surface area contributed by atoms with Gasteiger partial charge in [0.1, 0.15) is 0 Å². The first-order valence-electron chi connectivity index (χ1n) is 7.57. The molecule has 1 aliphatic carbocycles. The monoisotopic (exact) mass is 268 g/mol. The molecule has 1 saturated heterocycles. The first kappa shape index (κ1) is 14.8. The number of hydrogen-bond acceptors (Lipinski definition) is 3. The van der Waals surface area contributed by atoms with Crippen molar-refractivity contribution in [3.63, 3.8) is 0 Å². The van der Waals surface area contributed by atoms with Crippen molar-refractivity contribution < 1.29 is 9.53 Å². The molecule has 1 amide bonds. The Morgan fingerprint density at radius 1 is 1.47 bits per heavy atom. The Hall–Kier alpha value is -0.610. The molecule has 1 N–H and O–H groups in total. The average molecular weight is 268 g/mol. The summed E-state index contributed by atoms with van der Waals surface area (Å²) >= 11 is 0. The van der Waals surface area contributed by atoms with Gasteiger partial charge in [-0.25, -0.2) is 0 Å². The molecule has 19 heavy (non-hydrogen) atoms. The molecule has 110 valence electrons. The topological polar surface area (TPSA) is 41.6 Å². The Morgan fingerprint density at radius 3 is 2.74 bits per heavy atom. The van der Waals surface area contributed by atoms with Crippen molar-refractivity contribution in [3.05, 3.63) is 0 Å². The summed E-state index contributed by atoms with van der Waals surface area (Å²) in [4.78, 5) is 14.5. The van der Waals surface area contributed by atoms with E-state index < -0.39 is 0 Å². The van der Waals surface area contributed by atoms with Crippen LogP contribution in [0.15, 0.2) is 0 Å². The van der Waals surface area contributed by atoms with Crippen molar-refractivity contribution in [1.82, 2.24) is 10.2 Å². The van der Waals surface area contributed by atoms with Crippen LogP contribution in [0.1, 0.15) is 40.0 Å². The Kier molecular flexibility index (Phi) is 4.51. The molecule has 0 aromatic heterocycles. The molecule has 4 nitrogen and oxygen atoms in total. The highest BCUT2D eigenvalue weighted by Gasteiger charge is 2.52. The van der Waals surface area contributed by atoms with Crippen molar-refractivity contribution in [3.8, 4) is 0 Å².